The van der Waals surface area contributed by atoms with Crippen molar-refractivity contribution in [3.05, 3.63) is 27.6 Å². The highest BCUT2D eigenvalue weighted by Gasteiger charge is 2.19. The number of carboxylic acid groups (broad SMARTS) is 1. The molecule has 1 unspecified atom stereocenters. The molecule has 0 aliphatic heterocycles. The van der Waals surface area contributed by atoms with Crippen molar-refractivity contribution in [1.29, 1.82) is 0 Å². The van der Waals surface area contributed by atoms with Crippen LogP contribution in [0.25, 0.3) is 10.2 Å². The Morgan fingerprint density at radius 1 is 1.50 bits per heavy atom. The van der Waals surface area contributed by atoms with Crippen LogP contribution in [0.3, 0.4) is 0 Å². The lowest BCUT2D eigenvalue weighted by Crippen LogP contribution is -2.43. The Hall–Kier alpha value is -2.22. The molecule has 0 fully saturated rings. The number of thiophene rings is 1. The van der Waals surface area contributed by atoms with Gasteiger partial charge >= 0.3 is 5.97 Å². The lowest BCUT2D eigenvalue weighted by atomic mass is 10.1. The summed E-state index contributed by atoms with van der Waals surface area (Å²) in [6, 6.07) is 0.800. The maximum absolute atomic E-state index is 12.3. The summed E-state index contributed by atoms with van der Waals surface area (Å²) >= 11 is 1.41. The summed E-state index contributed by atoms with van der Waals surface area (Å²) in [5.41, 5.74) is -0.299. The number of amides is 1. The van der Waals surface area contributed by atoms with E-state index in [1.165, 1.54) is 22.2 Å². The topological polar surface area (TPSA) is 101 Å². The van der Waals surface area contributed by atoms with Gasteiger partial charge < -0.3 is 10.4 Å². The number of carboxylic acids is 1. The molecule has 0 radical (unpaired) electrons. The van der Waals surface area contributed by atoms with Gasteiger partial charge in [0.1, 0.15) is 17.4 Å². The van der Waals surface area contributed by atoms with Crippen molar-refractivity contribution in [3.8, 4) is 0 Å². The first-order valence-electron chi connectivity index (χ1n) is 6.90. The molecule has 2 aromatic rings. The fourth-order valence-electron chi connectivity index (χ4n) is 2.13. The van der Waals surface area contributed by atoms with Crippen molar-refractivity contribution in [2.24, 2.45) is 0 Å². The van der Waals surface area contributed by atoms with Gasteiger partial charge in [-0.25, -0.2) is 9.78 Å². The lowest BCUT2D eigenvalue weighted by molar-refractivity contribution is -0.142. The van der Waals surface area contributed by atoms with Crippen molar-refractivity contribution in [2.45, 2.75) is 39.3 Å². The third-order valence-electron chi connectivity index (χ3n) is 3.17. The smallest absolute Gasteiger partial charge is 0.326 e. The molecule has 0 aliphatic carbocycles. The molecule has 2 N–H and O–H groups in total. The van der Waals surface area contributed by atoms with Crippen LogP contribution in [0.1, 0.15) is 24.6 Å². The molecule has 1 atom stereocenters. The first-order chi connectivity index (χ1) is 10.4. The van der Waals surface area contributed by atoms with Crippen molar-refractivity contribution in [2.75, 3.05) is 0 Å². The number of hydrogen-bond acceptors (Lipinski definition) is 5. The van der Waals surface area contributed by atoms with Crippen molar-refractivity contribution < 1.29 is 14.7 Å². The molecule has 0 spiro atoms. The van der Waals surface area contributed by atoms with Gasteiger partial charge in [0.25, 0.3) is 5.56 Å². The molecule has 1 amide bonds. The Kier molecular flexibility index (Phi) is 4.92. The van der Waals surface area contributed by atoms with E-state index >= 15 is 0 Å². The van der Waals surface area contributed by atoms with Gasteiger partial charge in [-0.15, -0.1) is 11.3 Å². The summed E-state index contributed by atoms with van der Waals surface area (Å²) in [5.74, 6) is -1.60. The van der Waals surface area contributed by atoms with Gasteiger partial charge in [0.15, 0.2) is 0 Å². The zero-order valence-corrected chi connectivity index (χ0v) is 13.1. The average Bonchev–Trinajstić information content (AvgIpc) is 2.83. The highest BCUT2D eigenvalue weighted by Crippen LogP contribution is 2.19. The lowest BCUT2D eigenvalue weighted by Gasteiger charge is -2.13. The molecule has 8 heteroatoms. The van der Waals surface area contributed by atoms with Gasteiger partial charge in [0, 0.05) is 4.88 Å². The summed E-state index contributed by atoms with van der Waals surface area (Å²) in [7, 11) is 0. The van der Waals surface area contributed by atoms with E-state index in [0.717, 1.165) is 4.88 Å². The number of aliphatic carboxylic acids is 1. The van der Waals surface area contributed by atoms with Crippen LogP contribution in [-0.4, -0.2) is 32.6 Å². The van der Waals surface area contributed by atoms with Crippen LogP contribution < -0.4 is 10.9 Å². The minimum Gasteiger partial charge on any atom is -0.480 e. The minimum absolute atomic E-state index is 0.246. The number of nitrogens with one attached hydrogen (secondary N) is 1. The quantitative estimate of drug-likeness (QED) is 0.830. The van der Waals surface area contributed by atoms with Gasteiger partial charge in [0.2, 0.25) is 5.91 Å². The number of nitrogens with zero attached hydrogens (tertiary/aromatic N) is 2. The predicted octanol–water partition coefficient (Wildman–Crippen LogP) is 1.14. The molecular formula is C14H17N3O4S. The van der Waals surface area contributed by atoms with E-state index < -0.39 is 17.9 Å². The van der Waals surface area contributed by atoms with Gasteiger partial charge in [-0.2, -0.15) is 0 Å². The van der Waals surface area contributed by atoms with Crippen LogP contribution in [0.5, 0.6) is 0 Å². The fraction of sp³-hybridized carbons (Fsp3) is 0.429. The first kappa shape index (κ1) is 16.2. The van der Waals surface area contributed by atoms with Gasteiger partial charge in [-0.1, -0.05) is 13.3 Å². The van der Waals surface area contributed by atoms with Gasteiger partial charge in [-0.05, 0) is 19.4 Å². The zero-order valence-electron chi connectivity index (χ0n) is 12.3. The average molecular weight is 323 g/mol. The van der Waals surface area contributed by atoms with Crippen LogP contribution >= 0.6 is 11.3 Å². The minimum atomic E-state index is -1.08. The Morgan fingerprint density at radius 3 is 2.86 bits per heavy atom. The summed E-state index contributed by atoms with van der Waals surface area (Å²) in [4.78, 5) is 41.0. The van der Waals surface area contributed by atoms with E-state index in [-0.39, 0.29) is 12.1 Å². The molecule has 7 nitrogen and oxygen atoms in total. The van der Waals surface area contributed by atoms with Gasteiger partial charge in [-0.3, -0.25) is 14.2 Å². The van der Waals surface area contributed by atoms with E-state index in [1.807, 2.05) is 13.8 Å². The maximum Gasteiger partial charge on any atom is 0.326 e. The normalized spacial score (nSPS) is 12.3. The largest absolute Gasteiger partial charge is 0.480 e. The third kappa shape index (κ3) is 3.51. The van der Waals surface area contributed by atoms with E-state index in [1.54, 1.807) is 6.07 Å². The molecule has 2 rings (SSSR count). The van der Waals surface area contributed by atoms with Crippen LogP contribution in [-0.2, 0) is 16.1 Å². The fourth-order valence-corrected chi connectivity index (χ4v) is 2.97. The monoisotopic (exact) mass is 323 g/mol. The molecule has 0 bridgehead atoms. The van der Waals surface area contributed by atoms with Crippen LogP contribution in [0.15, 0.2) is 17.2 Å². The maximum atomic E-state index is 12.3. The number of carbonyl (C=O) groups is 2. The number of aryl methyl sites for hydroxylation is 1. The Balaban J connectivity index is 2.16. The number of rotatable bonds is 6. The molecule has 22 heavy (non-hydrogen) atoms. The second-order valence-corrected chi connectivity index (χ2v) is 6.24. The molecular weight excluding hydrogens is 306 g/mol. The summed E-state index contributed by atoms with van der Waals surface area (Å²) in [6.45, 7) is 3.47. The van der Waals surface area contributed by atoms with Crippen molar-refractivity contribution >= 4 is 33.4 Å². The van der Waals surface area contributed by atoms with E-state index in [2.05, 4.69) is 10.3 Å². The highest BCUT2D eigenvalue weighted by atomic mass is 32.1. The third-order valence-corrected chi connectivity index (χ3v) is 4.12. The molecule has 0 aliphatic rings. The number of carbonyl (C=O) groups excluding carboxylic acids is 1. The summed E-state index contributed by atoms with van der Waals surface area (Å²) < 4.78 is 1.19. The standard InChI is InChI=1S/C14H17N3O4S/c1-3-4-10(14(20)21)16-11(18)6-17-7-15-12-9(13(17)19)5-8(2)22-12/h5,7,10H,3-4,6H2,1-2H3,(H,16,18)(H,20,21). The molecule has 2 aromatic heterocycles. The molecule has 0 saturated heterocycles. The van der Waals surface area contributed by atoms with Crippen LogP contribution in [0.4, 0.5) is 0 Å². The first-order valence-corrected chi connectivity index (χ1v) is 7.71. The SMILES string of the molecule is CCCC(NC(=O)Cn1cnc2sc(C)cc2c1=O)C(=O)O. The summed E-state index contributed by atoms with van der Waals surface area (Å²) in [5, 5.41) is 11.9. The second-order valence-electron chi connectivity index (χ2n) is 5.00. The zero-order chi connectivity index (χ0) is 16.3. The Labute approximate surface area is 130 Å². The van der Waals surface area contributed by atoms with E-state index in [0.29, 0.717) is 23.1 Å². The highest BCUT2D eigenvalue weighted by molar-refractivity contribution is 7.18. The Bertz CT molecular complexity index is 765. The molecule has 118 valence electrons. The van der Waals surface area contributed by atoms with Crippen LogP contribution in [0, 0.1) is 6.92 Å². The molecule has 0 saturated carbocycles. The van der Waals surface area contributed by atoms with Crippen molar-refractivity contribution in [3.63, 3.8) is 0 Å². The number of hydrogen-bond donors (Lipinski definition) is 2. The summed E-state index contributed by atoms with van der Waals surface area (Å²) in [6.07, 6.45) is 2.30. The van der Waals surface area contributed by atoms with E-state index in [9.17, 15) is 14.4 Å². The number of fused-ring (bicyclic) bond motifs is 1. The Morgan fingerprint density at radius 2 is 2.23 bits per heavy atom. The van der Waals surface area contributed by atoms with Crippen LogP contribution in [0.2, 0.25) is 0 Å². The molecule has 2 heterocycles. The number of aromatic nitrogens is 2. The predicted molar refractivity (Wildman–Crippen MR) is 83.1 cm³/mol. The van der Waals surface area contributed by atoms with E-state index in [4.69, 9.17) is 5.11 Å². The van der Waals surface area contributed by atoms with Gasteiger partial charge in [0.05, 0.1) is 11.7 Å². The molecule has 0 aromatic carbocycles. The van der Waals surface area contributed by atoms with Crippen molar-refractivity contribution in [1.82, 2.24) is 14.9 Å². The second kappa shape index (κ2) is 6.69.